The van der Waals surface area contributed by atoms with Crippen molar-refractivity contribution in [3.05, 3.63) is 40.2 Å². The number of nitrogens with zero attached hydrogens (tertiary/aromatic N) is 4. The summed E-state index contributed by atoms with van der Waals surface area (Å²) in [4.78, 5) is 22.2. The molecule has 0 aliphatic rings. The van der Waals surface area contributed by atoms with Gasteiger partial charge in [-0.2, -0.15) is 0 Å². The molecular weight excluding hydrogens is 268 g/mol. The van der Waals surface area contributed by atoms with E-state index in [4.69, 9.17) is 0 Å². The number of hydrogen-bond donors (Lipinski definition) is 0. The smallest absolute Gasteiger partial charge is 0.284 e. The molecule has 0 bridgehead atoms. The van der Waals surface area contributed by atoms with Crippen molar-refractivity contribution >= 4 is 23.2 Å². The van der Waals surface area contributed by atoms with Crippen LogP contribution in [-0.2, 0) is 7.05 Å². The molecule has 2 aromatic rings. The maximum atomic E-state index is 11.2. The maximum Gasteiger partial charge on any atom is 0.284 e. The summed E-state index contributed by atoms with van der Waals surface area (Å²) in [6.45, 7) is 1.37. The van der Waals surface area contributed by atoms with E-state index in [2.05, 4.69) is 10.2 Å². The fourth-order valence-electron chi connectivity index (χ4n) is 1.43. The molecule has 0 aliphatic carbocycles. The van der Waals surface area contributed by atoms with E-state index in [0.29, 0.717) is 15.6 Å². The van der Waals surface area contributed by atoms with Gasteiger partial charge in [0.2, 0.25) is 0 Å². The number of aryl methyl sites for hydroxylation is 1. The monoisotopic (exact) mass is 278 g/mol. The molecule has 1 aromatic heterocycles. The number of Topliss-reactive ketones (excluding diaryl/α,β-unsaturated/α-hetero) is 1. The van der Waals surface area contributed by atoms with E-state index in [1.165, 1.54) is 19.3 Å². The number of benzene rings is 1. The summed E-state index contributed by atoms with van der Waals surface area (Å²) in [6, 6.07) is 4.39. The predicted molar refractivity (Wildman–Crippen MR) is 68.2 cm³/mol. The van der Waals surface area contributed by atoms with E-state index in [-0.39, 0.29) is 11.5 Å². The number of ketones is 1. The summed E-state index contributed by atoms with van der Waals surface area (Å²) in [5, 5.41) is 19.2. The maximum absolute atomic E-state index is 11.2. The van der Waals surface area contributed by atoms with Crippen molar-refractivity contribution in [2.24, 2.45) is 7.05 Å². The number of nitro benzene ring substituents is 1. The molecule has 0 saturated heterocycles. The van der Waals surface area contributed by atoms with E-state index in [1.807, 2.05) is 0 Å². The Balaban J connectivity index is 2.43. The van der Waals surface area contributed by atoms with Gasteiger partial charge < -0.3 is 4.57 Å². The highest BCUT2D eigenvalue weighted by molar-refractivity contribution is 7.99. The molecule has 0 spiro atoms. The lowest BCUT2D eigenvalue weighted by molar-refractivity contribution is -0.387. The van der Waals surface area contributed by atoms with Crippen molar-refractivity contribution < 1.29 is 9.72 Å². The highest BCUT2D eigenvalue weighted by atomic mass is 32.2. The largest absolute Gasteiger partial charge is 0.311 e. The van der Waals surface area contributed by atoms with Crippen molar-refractivity contribution in [2.45, 2.75) is 17.0 Å². The van der Waals surface area contributed by atoms with Crippen molar-refractivity contribution in [3.8, 4) is 0 Å². The molecule has 1 aromatic carbocycles. The van der Waals surface area contributed by atoms with Gasteiger partial charge in [-0.1, -0.05) is 0 Å². The lowest BCUT2D eigenvalue weighted by Gasteiger charge is -2.03. The molecule has 0 unspecified atom stereocenters. The summed E-state index contributed by atoms with van der Waals surface area (Å²) in [6.07, 6.45) is 1.51. The standard InChI is InChI=1S/C11H10N4O3S/c1-7(16)8-3-4-10(9(5-8)15(17)18)19-11-13-12-6-14(11)2/h3-6H,1-2H3. The molecule has 19 heavy (non-hydrogen) atoms. The number of nitro groups is 1. The van der Waals surface area contributed by atoms with Crippen molar-refractivity contribution in [1.82, 2.24) is 14.8 Å². The van der Waals surface area contributed by atoms with Gasteiger partial charge in [0.05, 0.1) is 9.82 Å². The topological polar surface area (TPSA) is 90.9 Å². The number of hydrogen-bond acceptors (Lipinski definition) is 6. The summed E-state index contributed by atoms with van der Waals surface area (Å²) < 4.78 is 1.66. The highest BCUT2D eigenvalue weighted by Crippen LogP contribution is 2.34. The van der Waals surface area contributed by atoms with Crippen LogP contribution in [-0.4, -0.2) is 25.5 Å². The third-order valence-corrected chi connectivity index (χ3v) is 3.55. The first-order valence-corrected chi connectivity index (χ1v) is 6.12. The Morgan fingerprint density at radius 1 is 1.47 bits per heavy atom. The molecule has 98 valence electrons. The number of rotatable bonds is 4. The van der Waals surface area contributed by atoms with Crippen molar-refractivity contribution in [1.29, 1.82) is 0 Å². The Labute approximate surface area is 112 Å². The number of aromatic nitrogens is 3. The summed E-state index contributed by atoms with van der Waals surface area (Å²) in [5.74, 6) is -0.210. The first kappa shape index (κ1) is 13.2. The second-order valence-corrected chi connectivity index (χ2v) is 4.83. The molecule has 0 fully saturated rings. The number of carbonyl (C=O) groups is 1. The predicted octanol–water partition coefficient (Wildman–Crippen LogP) is 2.08. The van der Waals surface area contributed by atoms with Crippen LogP contribution < -0.4 is 0 Å². The van der Waals surface area contributed by atoms with Gasteiger partial charge in [0.25, 0.3) is 5.69 Å². The van der Waals surface area contributed by atoms with Crippen LogP contribution in [0.25, 0.3) is 0 Å². The van der Waals surface area contributed by atoms with Crippen molar-refractivity contribution in [2.75, 3.05) is 0 Å². The van der Waals surface area contributed by atoms with Crippen LogP contribution in [0.3, 0.4) is 0 Å². The molecule has 8 heteroatoms. The Morgan fingerprint density at radius 2 is 2.21 bits per heavy atom. The average Bonchev–Trinajstić information content (AvgIpc) is 2.75. The second-order valence-electron chi connectivity index (χ2n) is 3.82. The highest BCUT2D eigenvalue weighted by Gasteiger charge is 2.18. The Morgan fingerprint density at radius 3 is 2.74 bits per heavy atom. The SMILES string of the molecule is CC(=O)c1ccc(Sc2nncn2C)c([N+](=O)[O-])c1. The molecule has 0 saturated carbocycles. The van der Waals surface area contributed by atoms with Gasteiger partial charge in [-0.25, -0.2) is 0 Å². The Bertz CT molecular complexity index is 653. The molecule has 7 nitrogen and oxygen atoms in total. The Kier molecular flexibility index (Phi) is 3.61. The van der Waals surface area contributed by atoms with Gasteiger partial charge in [0, 0.05) is 18.7 Å². The average molecular weight is 278 g/mol. The van der Waals surface area contributed by atoms with Gasteiger partial charge in [-0.15, -0.1) is 10.2 Å². The third-order valence-electron chi connectivity index (χ3n) is 2.43. The molecule has 2 rings (SSSR count). The van der Waals surface area contributed by atoms with Gasteiger partial charge in [-0.3, -0.25) is 14.9 Å². The van der Waals surface area contributed by atoms with E-state index >= 15 is 0 Å². The zero-order valence-corrected chi connectivity index (χ0v) is 11.0. The minimum Gasteiger partial charge on any atom is -0.311 e. The van der Waals surface area contributed by atoms with Crippen LogP contribution in [0.2, 0.25) is 0 Å². The van der Waals surface area contributed by atoms with Crippen LogP contribution in [0, 0.1) is 10.1 Å². The minimum atomic E-state index is -0.509. The number of carbonyl (C=O) groups excluding carboxylic acids is 1. The van der Waals surface area contributed by atoms with Gasteiger partial charge in [0.1, 0.15) is 6.33 Å². The molecule has 0 amide bonds. The van der Waals surface area contributed by atoms with Gasteiger partial charge >= 0.3 is 0 Å². The summed E-state index contributed by atoms with van der Waals surface area (Å²) >= 11 is 1.13. The minimum absolute atomic E-state index is 0.110. The van der Waals surface area contributed by atoms with Crippen LogP contribution in [0.4, 0.5) is 5.69 Å². The van der Waals surface area contributed by atoms with E-state index < -0.39 is 4.92 Å². The second kappa shape index (κ2) is 5.19. The molecule has 0 N–H and O–H groups in total. The van der Waals surface area contributed by atoms with Crippen LogP contribution >= 0.6 is 11.8 Å². The van der Waals surface area contributed by atoms with Crippen LogP contribution in [0.1, 0.15) is 17.3 Å². The van der Waals surface area contributed by atoms with Crippen LogP contribution in [0.15, 0.2) is 34.6 Å². The Hall–Kier alpha value is -2.22. The fraction of sp³-hybridized carbons (Fsp3) is 0.182. The van der Waals surface area contributed by atoms with E-state index in [9.17, 15) is 14.9 Å². The molecular formula is C11H10N4O3S. The fourth-order valence-corrected chi connectivity index (χ4v) is 2.28. The quantitative estimate of drug-likeness (QED) is 0.483. The third kappa shape index (κ3) is 2.79. The van der Waals surface area contributed by atoms with Gasteiger partial charge in [0.15, 0.2) is 10.9 Å². The normalized spacial score (nSPS) is 10.4. The summed E-state index contributed by atoms with van der Waals surface area (Å²) in [7, 11) is 1.75. The molecule has 1 heterocycles. The zero-order valence-electron chi connectivity index (χ0n) is 10.2. The first-order chi connectivity index (χ1) is 8.99. The van der Waals surface area contributed by atoms with E-state index in [1.54, 1.807) is 23.7 Å². The van der Waals surface area contributed by atoms with Crippen molar-refractivity contribution in [3.63, 3.8) is 0 Å². The molecule has 0 radical (unpaired) electrons. The lowest BCUT2D eigenvalue weighted by Crippen LogP contribution is -1.97. The molecule has 0 aliphatic heterocycles. The molecule has 0 atom stereocenters. The zero-order chi connectivity index (χ0) is 14.0. The van der Waals surface area contributed by atoms with Crippen LogP contribution in [0.5, 0.6) is 0 Å². The van der Waals surface area contributed by atoms with Gasteiger partial charge in [-0.05, 0) is 30.8 Å². The van der Waals surface area contributed by atoms with E-state index in [0.717, 1.165) is 11.8 Å². The first-order valence-electron chi connectivity index (χ1n) is 5.30. The lowest BCUT2D eigenvalue weighted by atomic mass is 10.1. The summed E-state index contributed by atoms with van der Waals surface area (Å²) in [5.41, 5.74) is 0.203.